The van der Waals surface area contributed by atoms with Gasteiger partial charge in [-0.25, -0.2) is 0 Å². The first-order valence-electron chi connectivity index (χ1n) is 8.18. The van der Waals surface area contributed by atoms with Crippen LogP contribution in [0, 0.1) is 18.8 Å². The van der Waals surface area contributed by atoms with Crippen molar-refractivity contribution in [3.63, 3.8) is 0 Å². The molecule has 2 heterocycles. The van der Waals surface area contributed by atoms with Crippen molar-refractivity contribution in [1.82, 2.24) is 10.6 Å². The number of halogens is 2. The van der Waals surface area contributed by atoms with Crippen molar-refractivity contribution in [3.05, 3.63) is 28.2 Å². The molecule has 2 saturated heterocycles. The topological polar surface area (TPSA) is 81.7 Å². The average molecular weight is 433 g/mol. The lowest BCUT2D eigenvalue weighted by molar-refractivity contribution is -0.126. The van der Waals surface area contributed by atoms with Crippen molar-refractivity contribution in [3.8, 4) is 0 Å². The van der Waals surface area contributed by atoms with E-state index in [0.717, 1.165) is 15.7 Å². The van der Waals surface area contributed by atoms with Gasteiger partial charge >= 0.3 is 0 Å². The molecule has 2 aliphatic rings. The van der Waals surface area contributed by atoms with Gasteiger partial charge in [-0.05, 0) is 30.7 Å². The van der Waals surface area contributed by atoms with Crippen LogP contribution >= 0.6 is 28.3 Å². The number of amides is 2. The predicted molar refractivity (Wildman–Crippen MR) is 102 cm³/mol. The van der Waals surface area contributed by atoms with Crippen molar-refractivity contribution in [1.29, 1.82) is 0 Å². The second-order valence-corrected chi connectivity index (χ2v) is 7.42. The van der Waals surface area contributed by atoms with E-state index < -0.39 is 6.10 Å². The zero-order chi connectivity index (χ0) is 17.3. The molecule has 3 N–H and O–H groups in total. The Balaban J connectivity index is 0.00000225. The summed E-state index contributed by atoms with van der Waals surface area (Å²) >= 11 is 3.45. The van der Waals surface area contributed by atoms with Crippen molar-refractivity contribution in [2.75, 3.05) is 31.1 Å². The molecule has 6 nitrogen and oxygen atoms in total. The van der Waals surface area contributed by atoms with Crippen LogP contribution in [0.4, 0.5) is 5.69 Å². The van der Waals surface area contributed by atoms with Gasteiger partial charge in [0.25, 0.3) is 0 Å². The van der Waals surface area contributed by atoms with Crippen LogP contribution < -0.4 is 15.5 Å². The molecule has 1 aromatic carbocycles. The van der Waals surface area contributed by atoms with Gasteiger partial charge in [0.15, 0.2) is 0 Å². The molecule has 8 heteroatoms. The number of aliphatic hydroxyl groups is 1. The summed E-state index contributed by atoms with van der Waals surface area (Å²) in [6.45, 7) is 4.08. The van der Waals surface area contributed by atoms with Crippen molar-refractivity contribution in [2.24, 2.45) is 11.8 Å². The molecule has 0 aromatic heterocycles. The number of rotatable bonds is 4. The molecule has 2 amide bonds. The molecule has 138 valence electrons. The summed E-state index contributed by atoms with van der Waals surface area (Å²) in [4.78, 5) is 26.3. The number of hydrogen-bond acceptors (Lipinski definition) is 4. The third-order valence-electron chi connectivity index (χ3n) is 4.79. The van der Waals surface area contributed by atoms with Gasteiger partial charge in [-0.3, -0.25) is 9.59 Å². The average Bonchev–Trinajstić information content (AvgIpc) is 3.13. The molecule has 0 radical (unpaired) electrons. The van der Waals surface area contributed by atoms with Crippen LogP contribution in [-0.4, -0.2) is 49.2 Å². The Labute approximate surface area is 161 Å². The highest BCUT2D eigenvalue weighted by Gasteiger charge is 2.35. The summed E-state index contributed by atoms with van der Waals surface area (Å²) in [5.74, 6) is -0.442. The summed E-state index contributed by atoms with van der Waals surface area (Å²) < 4.78 is 0.996. The van der Waals surface area contributed by atoms with Gasteiger partial charge in [0.05, 0.1) is 12.0 Å². The molecular weight excluding hydrogens is 410 g/mol. The van der Waals surface area contributed by atoms with Crippen LogP contribution in [0.1, 0.15) is 12.0 Å². The molecule has 1 aromatic rings. The number of carbonyl (C=O) groups is 2. The number of aryl methyl sites for hydroxylation is 1. The lowest BCUT2D eigenvalue weighted by Crippen LogP contribution is -2.38. The van der Waals surface area contributed by atoms with Gasteiger partial charge in [-0.15, -0.1) is 12.4 Å². The fourth-order valence-corrected chi connectivity index (χ4v) is 3.48. The standard InChI is InChI=1S/C17H22BrN3O3.ClH/c1-10-4-13(2-3-14(10)18)21-9-11(5-16(21)23)17(24)20-7-12-6-19-8-15(12)22;/h2-4,11-12,15,19,22H,5-9H2,1H3,(H,20,24);1H. The Bertz CT molecular complexity index is 658. The number of hydrogen-bond donors (Lipinski definition) is 3. The number of benzene rings is 1. The Morgan fingerprint density at radius 1 is 1.44 bits per heavy atom. The van der Waals surface area contributed by atoms with Gasteiger partial charge in [0.1, 0.15) is 0 Å². The van der Waals surface area contributed by atoms with Crippen molar-refractivity contribution in [2.45, 2.75) is 19.4 Å². The molecule has 2 aliphatic heterocycles. The number of nitrogens with one attached hydrogen (secondary N) is 2. The Morgan fingerprint density at radius 3 is 2.84 bits per heavy atom. The van der Waals surface area contributed by atoms with Crippen LogP contribution in [0.25, 0.3) is 0 Å². The lowest BCUT2D eigenvalue weighted by Gasteiger charge is -2.18. The molecule has 3 atom stereocenters. The zero-order valence-electron chi connectivity index (χ0n) is 14.0. The van der Waals surface area contributed by atoms with Gasteiger partial charge < -0.3 is 20.6 Å². The van der Waals surface area contributed by atoms with Crippen LogP contribution in [0.5, 0.6) is 0 Å². The summed E-state index contributed by atoms with van der Waals surface area (Å²) in [5, 5.41) is 15.7. The van der Waals surface area contributed by atoms with E-state index in [4.69, 9.17) is 0 Å². The first kappa shape index (κ1) is 20.2. The summed E-state index contributed by atoms with van der Waals surface area (Å²) in [6, 6.07) is 5.75. The molecule has 3 unspecified atom stereocenters. The normalized spacial score (nSPS) is 25.8. The van der Waals surface area contributed by atoms with E-state index in [0.29, 0.717) is 26.2 Å². The minimum atomic E-state index is -0.419. The predicted octanol–water partition coefficient (Wildman–Crippen LogP) is 1.23. The van der Waals surface area contributed by atoms with E-state index >= 15 is 0 Å². The van der Waals surface area contributed by atoms with Gasteiger partial charge in [0, 0.05) is 48.7 Å². The first-order valence-corrected chi connectivity index (χ1v) is 8.98. The highest BCUT2D eigenvalue weighted by molar-refractivity contribution is 9.10. The minimum Gasteiger partial charge on any atom is -0.391 e. The Morgan fingerprint density at radius 2 is 2.20 bits per heavy atom. The number of anilines is 1. The maximum absolute atomic E-state index is 12.4. The molecule has 3 rings (SSSR count). The first-order chi connectivity index (χ1) is 11.5. The highest BCUT2D eigenvalue weighted by atomic mass is 79.9. The molecule has 0 bridgehead atoms. The van der Waals surface area contributed by atoms with Crippen LogP contribution in [0.15, 0.2) is 22.7 Å². The van der Waals surface area contributed by atoms with Gasteiger partial charge in [-0.1, -0.05) is 15.9 Å². The highest BCUT2D eigenvalue weighted by Crippen LogP contribution is 2.28. The summed E-state index contributed by atoms with van der Waals surface area (Å²) in [7, 11) is 0. The quantitative estimate of drug-likeness (QED) is 0.668. The van der Waals surface area contributed by atoms with Gasteiger partial charge in [-0.2, -0.15) is 0 Å². The van der Waals surface area contributed by atoms with Crippen LogP contribution in [0.3, 0.4) is 0 Å². The molecule has 0 aliphatic carbocycles. The van der Waals surface area contributed by atoms with Crippen molar-refractivity contribution >= 4 is 45.8 Å². The largest absolute Gasteiger partial charge is 0.391 e. The van der Waals surface area contributed by atoms with Gasteiger partial charge in [0.2, 0.25) is 11.8 Å². The van der Waals surface area contributed by atoms with E-state index in [-0.39, 0.29) is 42.5 Å². The number of carbonyl (C=O) groups excluding carboxylic acids is 2. The maximum atomic E-state index is 12.4. The summed E-state index contributed by atoms with van der Waals surface area (Å²) in [5.41, 5.74) is 1.88. The fourth-order valence-electron chi connectivity index (χ4n) is 3.23. The number of aliphatic hydroxyl groups excluding tert-OH is 1. The summed E-state index contributed by atoms with van der Waals surface area (Å²) in [6.07, 6.45) is -0.190. The fraction of sp³-hybridized carbons (Fsp3) is 0.529. The molecular formula is C17H23BrClN3O3. The third-order valence-corrected chi connectivity index (χ3v) is 5.68. The Hall–Kier alpha value is -1.15. The van der Waals surface area contributed by atoms with Crippen LogP contribution in [0.2, 0.25) is 0 Å². The van der Waals surface area contributed by atoms with E-state index in [9.17, 15) is 14.7 Å². The number of nitrogens with zero attached hydrogens (tertiary/aromatic N) is 1. The van der Waals surface area contributed by atoms with Crippen LogP contribution in [-0.2, 0) is 9.59 Å². The molecule has 0 spiro atoms. The second kappa shape index (κ2) is 8.49. The monoisotopic (exact) mass is 431 g/mol. The zero-order valence-corrected chi connectivity index (χ0v) is 16.4. The second-order valence-electron chi connectivity index (χ2n) is 6.57. The molecule has 25 heavy (non-hydrogen) atoms. The Kier molecular flexibility index (Phi) is 6.85. The smallest absolute Gasteiger partial charge is 0.227 e. The SMILES string of the molecule is Cc1cc(N2CC(C(=O)NCC3CNCC3O)CC2=O)ccc1Br.Cl. The van der Waals surface area contributed by atoms with E-state index in [2.05, 4.69) is 26.6 Å². The van der Waals surface area contributed by atoms with E-state index in [1.54, 1.807) is 4.90 Å². The van der Waals surface area contributed by atoms with E-state index in [1.807, 2.05) is 25.1 Å². The van der Waals surface area contributed by atoms with E-state index in [1.165, 1.54) is 0 Å². The maximum Gasteiger partial charge on any atom is 0.227 e. The molecule has 2 fully saturated rings. The lowest BCUT2D eigenvalue weighted by atomic mass is 10.0. The molecule has 0 saturated carbocycles. The third kappa shape index (κ3) is 4.53. The van der Waals surface area contributed by atoms with Crippen molar-refractivity contribution < 1.29 is 14.7 Å². The minimum absolute atomic E-state index is 0. The number of β-amino-alcohol motifs (C(OH)–C–C–N with tert-alkyl or cyclic N) is 1.